The normalized spacial score (nSPS) is 18.1. The number of ether oxygens (including phenoxy) is 1. The van der Waals surface area contributed by atoms with Gasteiger partial charge in [0.1, 0.15) is 41.2 Å². The van der Waals surface area contributed by atoms with Crippen molar-refractivity contribution in [1.82, 2.24) is 34.9 Å². The molecule has 5 aromatic rings. The van der Waals surface area contributed by atoms with E-state index in [0.717, 1.165) is 61.2 Å². The number of nitrogens with two attached hydrogens (primary N) is 1. The van der Waals surface area contributed by atoms with E-state index in [-0.39, 0.29) is 35.9 Å². The number of thioether (sulfide) groups is 1. The van der Waals surface area contributed by atoms with Crippen LogP contribution in [0, 0.1) is 5.82 Å². The highest BCUT2D eigenvalue weighted by molar-refractivity contribution is 7.99. The Morgan fingerprint density at radius 1 is 0.881 bits per heavy atom. The predicted octanol–water partition coefficient (Wildman–Crippen LogP) is 6.70. The summed E-state index contributed by atoms with van der Waals surface area (Å²) in [4.78, 5) is 76.0. The largest absolute Gasteiger partial charge is 0.457 e. The van der Waals surface area contributed by atoms with Gasteiger partial charge in [0.25, 0.3) is 11.8 Å². The number of likely N-dealkylation sites (tertiary alicyclic amines) is 1. The lowest BCUT2D eigenvalue weighted by Crippen LogP contribution is -2.54. The maximum absolute atomic E-state index is 14.8. The summed E-state index contributed by atoms with van der Waals surface area (Å²) >= 11 is 1.37. The number of anilines is 1. The quantitative estimate of drug-likeness (QED) is 0.0691. The van der Waals surface area contributed by atoms with E-state index in [2.05, 4.69) is 15.3 Å². The number of hydrogen-bond donors (Lipinski definition) is 2. The van der Waals surface area contributed by atoms with Crippen molar-refractivity contribution < 1.29 is 33.1 Å². The Bertz CT molecular complexity index is 2430. The van der Waals surface area contributed by atoms with E-state index in [9.17, 15) is 28.4 Å². The first-order valence-electron chi connectivity index (χ1n) is 19.9. The molecular weight excluding hydrogens is 776 g/mol. The van der Waals surface area contributed by atoms with E-state index < -0.39 is 35.5 Å². The zero-order chi connectivity index (χ0) is 41.0. The van der Waals surface area contributed by atoms with Crippen molar-refractivity contribution in [2.75, 3.05) is 24.6 Å². The van der Waals surface area contributed by atoms with E-state index in [1.807, 2.05) is 64.2 Å². The second-order valence-corrected chi connectivity index (χ2v) is 16.1. The van der Waals surface area contributed by atoms with Crippen LogP contribution in [-0.2, 0) is 14.4 Å². The Labute approximate surface area is 343 Å². The summed E-state index contributed by atoms with van der Waals surface area (Å²) < 4.78 is 22.7. The number of nitrogens with zero attached hydrogens (tertiary/aromatic N) is 6. The van der Waals surface area contributed by atoms with Gasteiger partial charge in [0.15, 0.2) is 5.65 Å². The molecule has 2 fully saturated rings. The van der Waals surface area contributed by atoms with E-state index in [1.54, 1.807) is 0 Å². The van der Waals surface area contributed by atoms with Gasteiger partial charge < -0.3 is 15.4 Å². The molecule has 3 aromatic carbocycles. The standard InChI is InChI=1S/C43H43FN8O6S/c44-30-18-20-32(36-35(30)42(56)51(43(36)57)31-19-21-33(53)48-41(31)55)59-23-8-3-1-2-7-13-34(54)50-22-9-10-27(24-50)52-40-37(39(45)46-25-47-40)38(49-52)26-14-16-29(17-15-26)58-28-11-5-4-6-12-28/h4-6,11-12,14-18,20,25,27,31H,1-3,7-10,13,19,21-24H2,(H2,45,46,47)(H,48,53,55)/t27-,31?/m1/s1. The molecule has 2 saturated heterocycles. The zero-order valence-electron chi connectivity index (χ0n) is 32.3. The Balaban J connectivity index is 0.812. The molecule has 0 saturated carbocycles. The van der Waals surface area contributed by atoms with E-state index in [0.29, 0.717) is 58.5 Å². The highest BCUT2D eigenvalue weighted by Gasteiger charge is 2.47. The minimum atomic E-state index is -1.16. The summed E-state index contributed by atoms with van der Waals surface area (Å²) in [6, 6.07) is 18.7. The molecule has 14 nitrogen and oxygen atoms in total. The number of unbranched alkanes of at least 4 members (excludes halogenated alkanes) is 4. The second-order valence-electron chi connectivity index (χ2n) is 14.9. The van der Waals surface area contributed by atoms with Gasteiger partial charge in [-0.3, -0.25) is 34.2 Å². The maximum Gasteiger partial charge on any atom is 0.265 e. The highest BCUT2D eigenvalue weighted by atomic mass is 32.2. The van der Waals surface area contributed by atoms with Crippen molar-refractivity contribution in [3.05, 3.63) is 90.0 Å². The molecule has 16 heteroatoms. The van der Waals surface area contributed by atoms with E-state index in [4.69, 9.17) is 15.6 Å². The SMILES string of the molecule is Nc1ncnc2c1c(-c1ccc(Oc3ccccc3)cc1)nn2[C@@H]1CCCN(C(=O)CCCCCCCSc2ccc(F)c3c2C(=O)N(C2CCC(=O)NC2=O)C3=O)C1. The molecule has 5 amide bonds. The van der Waals surface area contributed by atoms with Crippen LogP contribution in [0.15, 0.2) is 78.0 Å². The van der Waals surface area contributed by atoms with E-state index in [1.165, 1.54) is 30.2 Å². The Morgan fingerprint density at radius 3 is 2.42 bits per heavy atom. The van der Waals surface area contributed by atoms with Gasteiger partial charge in [-0.2, -0.15) is 5.10 Å². The molecule has 0 aliphatic carbocycles. The van der Waals surface area contributed by atoms with Gasteiger partial charge in [-0.05, 0) is 86.4 Å². The minimum Gasteiger partial charge on any atom is -0.457 e. The lowest BCUT2D eigenvalue weighted by molar-refractivity contribution is -0.136. The van der Waals surface area contributed by atoms with E-state index >= 15 is 0 Å². The van der Waals surface area contributed by atoms with Gasteiger partial charge in [0, 0.05) is 36.4 Å². The summed E-state index contributed by atoms with van der Waals surface area (Å²) in [6.45, 7) is 1.21. The van der Waals surface area contributed by atoms with Crippen molar-refractivity contribution in [2.24, 2.45) is 0 Å². The Kier molecular flexibility index (Phi) is 11.7. The van der Waals surface area contributed by atoms with Crippen LogP contribution in [0.25, 0.3) is 22.3 Å². The molecule has 1 unspecified atom stereocenters. The second kappa shape index (κ2) is 17.4. The monoisotopic (exact) mass is 818 g/mol. The van der Waals surface area contributed by atoms with Crippen molar-refractivity contribution in [3.63, 3.8) is 0 Å². The van der Waals surface area contributed by atoms with Crippen molar-refractivity contribution in [1.29, 1.82) is 0 Å². The number of hydrogen-bond acceptors (Lipinski definition) is 11. The third kappa shape index (κ3) is 8.26. The van der Waals surface area contributed by atoms with Gasteiger partial charge in [-0.25, -0.2) is 19.0 Å². The lowest BCUT2D eigenvalue weighted by Gasteiger charge is -2.33. The molecule has 0 spiro atoms. The number of benzene rings is 3. The number of nitrogen functional groups attached to an aromatic ring is 1. The van der Waals surface area contributed by atoms with Gasteiger partial charge in [0.05, 0.1) is 22.6 Å². The van der Waals surface area contributed by atoms with Gasteiger partial charge in [-0.1, -0.05) is 37.5 Å². The summed E-state index contributed by atoms with van der Waals surface area (Å²) in [6.07, 6.45) is 7.83. The number of amides is 5. The number of piperidine rings is 2. The van der Waals surface area contributed by atoms with Crippen molar-refractivity contribution >= 4 is 58.1 Å². The first-order valence-corrected chi connectivity index (χ1v) is 20.9. The topological polar surface area (TPSA) is 183 Å². The van der Waals surface area contributed by atoms with Gasteiger partial charge >= 0.3 is 0 Å². The van der Waals surface area contributed by atoms with Crippen molar-refractivity contribution in [3.8, 4) is 22.8 Å². The Hall–Kier alpha value is -6.16. The number of halogens is 1. The van der Waals surface area contributed by atoms with Crippen LogP contribution < -0.4 is 15.8 Å². The fourth-order valence-corrected chi connectivity index (χ4v) is 9.10. The third-order valence-electron chi connectivity index (χ3n) is 11.0. The van der Waals surface area contributed by atoms with Crippen LogP contribution in [0.4, 0.5) is 10.2 Å². The number of carbonyl (C=O) groups is 5. The third-order valence-corrected chi connectivity index (χ3v) is 12.2. The fourth-order valence-electron chi connectivity index (χ4n) is 8.03. The lowest BCUT2D eigenvalue weighted by atomic mass is 10.0. The van der Waals surface area contributed by atoms with Crippen LogP contribution in [0.5, 0.6) is 11.5 Å². The number of rotatable bonds is 14. The first-order chi connectivity index (χ1) is 28.7. The number of carbonyl (C=O) groups excluding carboxylic acids is 5. The maximum atomic E-state index is 14.8. The van der Waals surface area contributed by atoms with Crippen LogP contribution in [-0.4, -0.2) is 84.0 Å². The Morgan fingerprint density at radius 2 is 1.63 bits per heavy atom. The molecule has 2 aromatic heterocycles. The molecule has 0 radical (unpaired) electrons. The average Bonchev–Trinajstić information content (AvgIpc) is 3.76. The molecule has 3 N–H and O–H groups in total. The molecule has 59 heavy (non-hydrogen) atoms. The van der Waals surface area contributed by atoms with Crippen LogP contribution >= 0.6 is 11.8 Å². The van der Waals surface area contributed by atoms with Gasteiger partial charge in [0.2, 0.25) is 17.7 Å². The number of fused-ring (bicyclic) bond motifs is 2. The number of nitrogens with one attached hydrogen (secondary N) is 1. The number of imide groups is 2. The summed E-state index contributed by atoms with van der Waals surface area (Å²) in [5.41, 5.74) is 8.20. The number of aromatic nitrogens is 4. The van der Waals surface area contributed by atoms with Gasteiger partial charge in [-0.15, -0.1) is 11.8 Å². The molecule has 304 valence electrons. The average molecular weight is 819 g/mol. The summed E-state index contributed by atoms with van der Waals surface area (Å²) in [7, 11) is 0. The smallest absolute Gasteiger partial charge is 0.265 e. The molecular formula is C43H43FN8O6S. The minimum absolute atomic E-state index is 0.00303. The summed E-state index contributed by atoms with van der Waals surface area (Å²) in [5, 5.41) is 7.85. The molecule has 2 atom stereocenters. The zero-order valence-corrected chi connectivity index (χ0v) is 33.1. The van der Waals surface area contributed by atoms with Crippen LogP contribution in [0.3, 0.4) is 0 Å². The molecule has 3 aliphatic rings. The fraction of sp³-hybridized carbons (Fsp3) is 0.349. The van der Waals surface area contributed by atoms with Crippen LogP contribution in [0.2, 0.25) is 0 Å². The molecule has 5 heterocycles. The van der Waals surface area contributed by atoms with Crippen LogP contribution in [0.1, 0.15) is 91.0 Å². The summed E-state index contributed by atoms with van der Waals surface area (Å²) in [5.74, 6) is -1.07. The highest BCUT2D eigenvalue weighted by Crippen LogP contribution is 2.37. The first kappa shape index (κ1) is 39.7. The predicted molar refractivity (Wildman–Crippen MR) is 218 cm³/mol. The molecule has 0 bridgehead atoms. The molecule has 3 aliphatic heterocycles. The number of para-hydroxylation sites is 1. The van der Waals surface area contributed by atoms with Crippen molar-refractivity contribution in [2.45, 2.75) is 81.2 Å². The molecule has 8 rings (SSSR count).